The average molecular weight is 458 g/mol. The van der Waals surface area contributed by atoms with Crippen LogP contribution in [0.2, 0.25) is 0 Å². The molecule has 0 atom stereocenters. The lowest BCUT2D eigenvalue weighted by atomic mass is 10.4. The second-order valence-corrected chi connectivity index (χ2v) is 9.53. The van der Waals surface area contributed by atoms with Crippen LogP contribution < -0.4 is 14.9 Å². The van der Waals surface area contributed by atoms with Crippen LogP contribution in [-0.2, 0) is 24.9 Å². The van der Waals surface area contributed by atoms with E-state index >= 15 is 0 Å². The van der Waals surface area contributed by atoms with Crippen molar-refractivity contribution in [2.45, 2.75) is 43.4 Å². The van der Waals surface area contributed by atoms with Crippen molar-refractivity contribution in [2.75, 3.05) is 11.9 Å². The van der Waals surface area contributed by atoms with Crippen LogP contribution in [-0.4, -0.2) is 39.4 Å². The number of unbranched alkanes of at least 4 members (excludes halogenated alkanes) is 1. The van der Waals surface area contributed by atoms with Crippen LogP contribution in [0.1, 0.15) is 31.2 Å². The predicted octanol–water partition coefficient (Wildman–Crippen LogP) is 1.61. The summed E-state index contributed by atoms with van der Waals surface area (Å²) in [6.45, 7) is 5.40. The molecule has 0 saturated carbocycles. The zero-order chi connectivity index (χ0) is 22.4. The van der Waals surface area contributed by atoms with E-state index in [1.54, 1.807) is 24.6 Å². The topological polar surface area (TPSA) is 156 Å². The highest BCUT2D eigenvalue weighted by atomic mass is 32.2. The number of carbonyl (C=O) groups is 1. The van der Waals surface area contributed by atoms with Crippen molar-refractivity contribution in [1.82, 2.24) is 19.6 Å². The molecule has 2 aromatic rings. The van der Waals surface area contributed by atoms with Crippen LogP contribution in [0, 0.1) is 13.8 Å². The zero-order valence-corrected chi connectivity index (χ0v) is 18.3. The van der Waals surface area contributed by atoms with Gasteiger partial charge in [0.1, 0.15) is 9.79 Å². The summed E-state index contributed by atoms with van der Waals surface area (Å²) >= 11 is 0. The Morgan fingerprint density at radius 2 is 1.57 bits per heavy atom. The molecule has 3 N–H and O–H groups in total. The molecule has 1 aromatic carbocycles. The first-order valence-electron chi connectivity index (χ1n) is 8.94. The number of nitrogens with zero attached hydrogens (tertiary/aromatic N) is 2. The highest BCUT2D eigenvalue weighted by molar-refractivity contribution is 7.92. The van der Waals surface area contributed by atoms with Crippen LogP contribution >= 0.6 is 0 Å². The van der Waals surface area contributed by atoms with Gasteiger partial charge in [0.15, 0.2) is 0 Å². The summed E-state index contributed by atoms with van der Waals surface area (Å²) in [6.07, 6.45) is 1.40. The van der Waals surface area contributed by atoms with E-state index in [0.29, 0.717) is 17.8 Å². The van der Waals surface area contributed by atoms with Gasteiger partial charge in [-0.2, -0.15) is 0 Å². The lowest BCUT2D eigenvalue weighted by molar-refractivity contribution is 0.0906. The van der Waals surface area contributed by atoms with Crippen molar-refractivity contribution in [2.24, 2.45) is 0 Å². The quantitative estimate of drug-likeness (QED) is 0.379. The zero-order valence-electron chi connectivity index (χ0n) is 16.7. The van der Waals surface area contributed by atoms with Gasteiger partial charge in [-0.25, -0.2) is 36.3 Å². The Morgan fingerprint density at radius 3 is 2.13 bits per heavy atom. The Bertz CT molecular complexity index is 1100. The second kappa shape index (κ2) is 9.93. The molecule has 0 saturated heterocycles. The molecule has 0 aliphatic rings. The Morgan fingerprint density at radius 1 is 1.00 bits per heavy atom. The molecule has 0 fully saturated rings. The summed E-state index contributed by atoms with van der Waals surface area (Å²) in [7, 11) is -8.85. The molecule has 30 heavy (non-hydrogen) atoms. The SMILES string of the molecule is CCCCONS(=O)(=O)c1ccccc1S(=O)(=O)NC(=O)Nc1nc(C)cc(C)n1. The molecule has 164 valence electrons. The third-order valence-corrected chi connectivity index (χ3v) is 6.42. The third kappa shape index (κ3) is 6.45. The third-order valence-electron chi connectivity index (χ3n) is 3.63. The van der Waals surface area contributed by atoms with Gasteiger partial charge in [0.25, 0.3) is 20.0 Å². The maximum absolute atomic E-state index is 12.7. The molecule has 0 aliphatic carbocycles. The summed E-state index contributed by atoms with van der Waals surface area (Å²) < 4.78 is 52.0. The van der Waals surface area contributed by atoms with Crippen molar-refractivity contribution >= 4 is 32.0 Å². The van der Waals surface area contributed by atoms with E-state index in [2.05, 4.69) is 15.3 Å². The number of anilines is 1. The number of amides is 2. The van der Waals surface area contributed by atoms with E-state index in [1.165, 1.54) is 12.1 Å². The van der Waals surface area contributed by atoms with Crippen molar-refractivity contribution in [1.29, 1.82) is 0 Å². The summed E-state index contributed by atoms with van der Waals surface area (Å²) in [5, 5.41) is 2.21. The molecule has 1 heterocycles. The Hall–Kier alpha value is -2.61. The number of sulfonamides is 2. The van der Waals surface area contributed by atoms with Gasteiger partial charge >= 0.3 is 6.03 Å². The molecule has 1 aromatic heterocycles. The van der Waals surface area contributed by atoms with Crippen LogP contribution in [0.15, 0.2) is 40.1 Å². The van der Waals surface area contributed by atoms with Gasteiger partial charge < -0.3 is 0 Å². The van der Waals surface area contributed by atoms with Gasteiger partial charge in [-0.1, -0.05) is 30.4 Å². The van der Waals surface area contributed by atoms with Crippen molar-refractivity contribution in [3.63, 3.8) is 0 Å². The minimum absolute atomic E-state index is 0.0907. The maximum Gasteiger partial charge on any atom is 0.335 e. The second-order valence-electron chi connectivity index (χ2n) is 6.27. The molecule has 0 spiro atoms. The van der Waals surface area contributed by atoms with Gasteiger partial charge in [0.05, 0.1) is 6.61 Å². The first-order chi connectivity index (χ1) is 14.0. The predicted molar refractivity (Wildman–Crippen MR) is 108 cm³/mol. The molecule has 0 radical (unpaired) electrons. The number of hydrogen-bond donors (Lipinski definition) is 3. The molecule has 2 rings (SSSR count). The lowest BCUT2D eigenvalue weighted by Gasteiger charge is -2.13. The van der Waals surface area contributed by atoms with Gasteiger partial charge in [0.2, 0.25) is 5.95 Å². The lowest BCUT2D eigenvalue weighted by Crippen LogP contribution is -2.36. The van der Waals surface area contributed by atoms with Crippen LogP contribution in [0.5, 0.6) is 0 Å². The Balaban J connectivity index is 2.22. The molecule has 0 unspecified atom stereocenters. The minimum atomic E-state index is -4.54. The van der Waals surface area contributed by atoms with Crippen LogP contribution in [0.25, 0.3) is 0 Å². The molecule has 11 nitrogen and oxygen atoms in total. The summed E-state index contributed by atoms with van der Waals surface area (Å²) in [4.78, 5) is 25.7. The fraction of sp³-hybridized carbons (Fsp3) is 0.353. The van der Waals surface area contributed by atoms with E-state index < -0.39 is 35.9 Å². The van der Waals surface area contributed by atoms with Gasteiger partial charge in [-0.3, -0.25) is 10.2 Å². The molecule has 2 amide bonds. The van der Waals surface area contributed by atoms with Gasteiger partial charge in [-0.05, 0) is 38.5 Å². The van der Waals surface area contributed by atoms with Gasteiger partial charge in [0, 0.05) is 11.4 Å². The van der Waals surface area contributed by atoms with E-state index in [-0.39, 0.29) is 12.6 Å². The van der Waals surface area contributed by atoms with Gasteiger partial charge in [-0.15, -0.1) is 0 Å². The first kappa shape index (κ1) is 23.7. The molecular weight excluding hydrogens is 434 g/mol. The van der Waals surface area contributed by atoms with E-state index in [4.69, 9.17) is 4.84 Å². The number of aromatic nitrogens is 2. The minimum Gasteiger partial charge on any atom is -0.287 e. The molecule has 0 aliphatic heterocycles. The highest BCUT2D eigenvalue weighted by Crippen LogP contribution is 2.20. The monoisotopic (exact) mass is 457 g/mol. The molecular formula is C17H23N5O6S2. The molecule has 0 bridgehead atoms. The first-order valence-corrected chi connectivity index (χ1v) is 11.9. The number of carbonyl (C=O) groups excluding carboxylic acids is 1. The van der Waals surface area contributed by atoms with Crippen LogP contribution in [0.4, 0.5) is 10.7 Å². The number of nitrogens with one attached hydrogen (secondary N) is 3. The van der Waals surface area contributed by atoms with Crippen LogP contribution in [0.3, 0.4) is 0 Å². The number of rotatable bonds is 9. The fourth-order valence-corrected chi connectivity index (χ4v) is 4.93. The standard InChI is InChI=1S/C17H23N5O6S2/c1-4-5-10-28-22-30(26,27)15-9-7-6-8-14(15)29(24,25)21-17(23)20-16-18-12(2)11-13(3)19-16/h6-9,11,22H,4-5,10H2,1-3H3,(H2,18,19,20,21,23). The van der Waals surface area contributed by atoms with Crippen molar-refractivity contribution in [3.05, 3.63) is 41.7 Å². The summed E-state index contributed by atoms with van der Waals surface area (Å²) in [5.74, 6) is -0.0907. The van der Waals surface area contributed by atoms with Crippen molar-refractivity contribution in [3.8, 4) is 0 Å². The Labute approximate surface area is 175 Å². The Kier molecular flexibility index (Phi) is 7.83. The maximum atomic E-state index is 12.7. The number of benzene rings is 1. The summed E-state index contributed by atoms with van der Waals surface area (Å²) in [6, 6.07) is 5.37. The highest BCUT2D eigenvalue weighted by Gasteiger charge is 2.28. The van der Waals surface area contributed by atoms with Crippen molar-refractivity contribution < 1.29 is 26.5 Å². The van der Waals surface area contributed by atoms with E-state index in [1.807, 2.05) is 11.8 Å². The normalized spacial score (nSPS) is 11.8. The van der Waals surface area contributed by atoms with E-state index in [0.717, 1.165) is 18.6 Å². The summed E-state index contributed by atoms with van der Waals surface area (Å²) in [5.41, 5.74) is 1.15. The number of aryl methyl sites for hydroxylation is 2. The number of hydrogen-bond acceptors (Lipinski definition) is 8. The van der Waals surface area contributed by atoms with E-state index in [9.17, 15) is 21.6 Å². The fourth-order valence-electron chi connectivity index (χ4n) is 2.36. The number of urea groups is 1. The molecule has 13 heteroatoms. The smallest absolute Gasteiger partial charge is 0.287 e. The average Bonchev–Trinajstić information content (AvgIpc) is 2.64. The largest absolute Gasteiger partial charge is 0.335 e.